The number of hydrogen-bond acceptors (Lipinski definition) is 3. The van der Waals surface area contributed by atoms with Crippen LogP contribution in [0.2, 0.25) is 0 Å². The van der Waals surface area contributed by atoms with Crippen molar-refractivity contribution >= 4 is 5.97 Å². The van der Waals surface area contributed by atoms with Gasteiger partial charge in [0.2, 0.25) is 0 Å². The number of halogens is 3. The third-order valence-corrected chi connectivity index (χ3v) is 3.42. The molecule has 0 fully saturated rings. The molecule has 1 N–H and O–H groups in total. The normalized spacial score (nSPS) is 14.0. The van der Waals surface area contributed by atoms with Gasteiger partial charge in [-0.2, -0.15) is 13.2 Å². The van der Waals surface area contributed by atoms with Crippen LogP contribution in [0.25, 0.3) is 0 Å². The first kappa shape index (κ1) is 19.2. The van der Waals surface area contributed by atoms with Gasteiger partial charge >= 0.3 is 12.1 Å². The summed E-state index contributed by atoms with van der Waals surface area (Å²) in [5.41, 5.74) is 0. The van der Waals surface area contributed by atoms with Crippen LogP contribution in [0, 0.1) is 5.92 Å². The molecule has 20 heavy (non-hydrogen) atoms. The van der Waals surface area contributed by atoms with Crippen molar-refractivity contribution in [1.29, 1.82) is 0 Å². The van der Waals surface area contributed by atoms with Crippen molar-refractivity contribution in [1.82, 2.24) is 9.80 Å². The summed E-state index contributed by atoms with van der Waals surface area (Å²) in [5, 5.41) is 8.69. The fourth-order valence-electron chi connectivity index (χ4n) is 2.02. The van der Waals surface area contributed by atoms with Gasteiger partial charge in [-0.1, -0.05) is 20.8 Å². The van der Waals surface area contributed by atoms with Crippen LogP contribution in [-0.4, -0.2) is 66.3 Å². The lowest BCUT2D eigenvalue weighted by Gasteiger charge is -2.26. The summed E-state index contributed by atoms with van der Waals surface area (Å²) in [6, 6.07) is 0. The monoisotopic (exact) mass is 298 g/mol. The fourth-order valence-corrected chi connectivity index (χ4v) is 2.02. The second-order valence-electron chi connectivity index (χ2n) is 4.71. The Morgan fingerprint density at radius 1 is 1.05 bits per heavy atom. The van der Waals surface area contributed by atoms with Crippen molar-refractivity contribution in [3.63, 3.8) is 0 Å². The van der Waals surface area contributed by atoms with E-state index in [-0.39, 0.29) is 0 Å². The van der Waals surface area contributed by atoms with Crippen LogP contribution in [0.4, 0.5) is 13.2 Å². The molecule has 0 amide bonds. The topological polar surface area (TPSA) is 43.8 Å². The largest absolute Gasteiger partial charge is 0.481 e. The number of carboxylic acid groups (broad SMARTS) is 1. The van der Waals surface area contributed by atoms with E-state index in [9.17, 15) is 18.0 Å². The van der Waals surface area contributed by atoms with Crippen molar-refractivity contribution in [2.75, 3.05) is 39.3 Å². The van der Waals surface area contributed by atoms with Crippen molar-refractivity contribution in [3.05, 3.63) is 0 Å². The van der Waals surface area contributed by atoms with E-state index in [1.807, 2.05) is 13.8 Å². The van der Waals surface area contributed by atoms with E-state index < -0.39 is 24.6 Å². The first-order chi connectivity index (χ1) is 9.26. The van der Waals surface area contributed by atoms with Crippen LogP contribution < -0.4 is 0 Å². The summed E-state index contributed by atoms with van der Waals surface area (Å²) in [5.74, 6) is -4.12. The number of carboxylic acids is 1. The number of aliphatic carboxylic acids is 1. The van der Waals surface area contributed by atoms with Crippen LogP contribution in [0.1, 0.15) is 27.2 Å². The molecule has 1 atom stereocenters. The Kier molecular flexibility index (Phi) is 8.80. The quantitative estimate of drug-likeness (QED) is 0.672. The minimum atomic E-state index is -4.70. The SMILES string of the molecule is CCN(CC)CCCN(CC)CC(C(=O)O)C(F)(F)F. The Balaban J connectivity index is 4.35. The molecule has 120 valence electrons. The highest BCUT2D eigenvalue weighted by Crippen LogP contribution is 2.27. The minimum Gasteiger partial charge on any atom is -0.481 e. The number of carbonyl (C=O) groups is 1. The molecule has 0 rings (SSSR count). The number of alkyl halides is 3. The molecule has 4 nitrogen and oxygen atoms in total. The molecular formula is C13H25F3N2O2. The lowest BCUT2D eigenvalue weighted by molar-refractivity contribution is -0.196. The van der Waals surface area contributed by atoms with E-state index in [0.717, 1.165) is 26.1 Å². The predicted molar refractivity (Wildman–Crippen MR) is 71.7 cm³/mol. The average molecular weight is 298 g/mol. The Labute approximate surface area is 118 Å². The van der Waals surface area contributed by atoms with Crippen molar-refractivity contribution in [3.8, 4) is 0 Å². The zero-order chi connectivity index (χ0) is 15.8. The Morgan fingerprint density at radius 2 is 1.50 bits per heavy atom. The molecule has 0 aliphatic heterocycles. The van der Waals surface area contributed by atoms with Gasteiger partial charge in [0.05, 0.1) is 0 Å². The molecule has 0 radical (unpaired) electrons. The van der Waals surface area contributed by atoms with E-state index >= 15 is 0 Å². The second kappa shape index (κ2) is 9.18. The first-order valence-corrected chi connectivity index (χ1v) is 7.00. The molecule has 0 saturated carbocycles. The fraction of sp³-hybridized carbons (Fsp3) is 0.923. The Morgan fingerprint density at radius 3 is 1.85 bits per heavy atom. The van der Waals surface area contributed by atoms with E-state index in [1.165, 1.54) is 0 Å². The summed E-state index contributed by atoms with van der Waals surface area (Å²) in [6.45, 7) is 8.85. The predicted octanol–water partition coefficient (Wildman–Crippen LogP) is 2.30. The molecule has 0 aromatic rings. The zero-order valence-corrected chi connectivity index (χ0v) is 12.4. The average Bonchev–Trinajstić information content (AvgIpc) is 2.36. The number of rotatable bonds is 10. The molecule has 0 saturated heterocycles. The lowest BCUT2D eigenvalue weighted by atomic mass is 10.1. The Bertz CT molecular complexity index is 281. The van der Waals surface area contributed by atoms with E-state index in [4.69, 9.17) is 5.11 Å². The molecule has 0 spiro atoms. The highest BCUT2D eigenvalue weighted by atomic mass is 19.4. The first-order valence-electron chi connectivity index (χ1n) is 7.00. The highest BCUT2D eigenvalue weighted by Gasteiger charge is 2.45. The summed E-state index contributed by atoms with van der Waals surface area (Å²) >= 11 is 0. The molecular weight excluding hydrogens is 273 g/mol. The summed E-state index contributed by atoms with van der Waals surface area (Å²) in [6.07, 6.45) is -3.96. The van der Waals surface area contributed by atoms with Crippen LogP contribution in [0.3, 0.4) is 0 Å². The summed E-state index contributed by atoms with van der Waals surface area (Å²) in [7, 11) is 0. The number of nitrogens with zero attached hydrogens (tertiary/aromatic N) is 2. The smallest absolute Gasteiger partial charge is 0.403 e. The molecule has 0 aromatic heterocycles. The molecule has 0 aromatic carbocycles. The lowest BCUT2D eigenvalue weighted by Crippen LogP contribution is -2.42. The zero-order valence-electron chi connectivity index (χ0n) is 12.4. The van der Waals surface area contributed by atoms with Gasteiger partial charge in [-0.15, -0.1) is 0 Å². The van der Waals surface area contributed by atoms with Gasteiger partial charge in [-0.25, -0.2) is 0 Å². The summed E-state index contributed by atoms with van der Waals surface area (Å²) < 4.78 is 37.8. The van der Waals surface area contributed by atoms with Gasteiger partial charge in [-0.05, 0) is 39.1 Å². The van der Waals surface area contributed by atoms with Crippen molar-refractivity contribution in [2.45, 2.75) is 33.4 Å². The molecule has 7 heteroatoms. The number of hydrogen-bond donors (Lipinski definition) is 1. The van der Waals surface area contributed by atoms with Gasteiger partial charge in [0.15, 0.2) is 5.92 Å². The van der Waals surface area contributed by atoms with Crippen LogP contribution >= 0.6 is 0 Å². The van der Waals surface area contributed by atoms with Gasteiger partial charge < -0.3 is 14.9 Å². The second-order valence-corrected chi connectivity index (χ2v) is 4.71. The van der Waals surface area contributed by atoms with Crippen LogP contribution in [0.5, 0.6) is 0 Å². The van der Waals surface area contributed by atoms with Crippen LogP contribution in [0.15, 0.2) is 0 Å². The third-order valence-electron chi connectivity index (χ3n) is 3.42. The van der Waals surface area contributed by atoms with E-state index in [0.29, 0.717) is 13.1 Å². The van der Waals surface area contributed by atoms with Gasteiger partial charge in [0.25, 0.3) is 0 Å². The molecule has 0 aliphatic rings. The Hall–Kier alpha value is -0.820. The van der Waals surface area contributed by atoms with E-state index in [1.54, 1.807) is 11.8 Å². The molecule has 0 aliphatic carbocycles. The maximum absolute atomic E-state index is 12.6. The minimum absolute atomic E-state index is 0.415. The standard InChI is InChI=1S/C13H25F3N2O2/c1-4-17(5-2)8-7-9-18(6-3)10-11(12(19)20)13(14,15)16/h11H,4-10H2,1-3H3,(H,19,20). The molecule has 0 heterocycles. The van der Waals surface area contributed by atoms with Crippen molar-refractivity contribution < 1.29 is 23.1 Å². The maximum atomic E-state index is 12.6. The van der Waals surface area contributed by atoms with Gasteiger partial charge in [-0.3, -0.25) is 4.79 Å². The molecule has 1 unspecified atom stereocenters. The van der Waals surface area contributed by atoms with E-state index in [2.05, 4.69) is 4.90 Å². The maximum Gasteiger partial charge on any atom is 0.403 e. The van der Waals surface area contributed by atoms with Crippen molar-refractivity contribution in [2.24, 2.45) is 5.92 Å². The van der Waals surface area contributed by atoms with Gasteiger partial charge in [0.1, 0.15) is 0 Å². The van der Waals surface area contributed by atoms with Crippen LogP contribution in [-0.2, 0) is 4.79 Å². The summed E-state index contributed by atoms with van der Waals surface area (Å²) in [4.78, 5) is 14.5. The third kappa shape index (κ3) is 7.09. The van der Waals surface area contributed by atoms with Gasteiger partial charge in [0, 0.05) is 6.54 Å². The molecule has 0 bridgehead atoms. The highest BCUT2D eigenvalue weighted by molar-refractivity contribution is 5.71.